The first kappa shape index (κ1) is 71.4. The van der Waals surface area contributed by atoms with Crippen LogP contribution in [0.3, 0.4) is 0 Å². The molecule has 10 rings (SSSR count). The van der Waals surface area contributed by atoms with Crippen LogP contribution in [-0.4, -0.2) is 121 Å². The lowest BCUT2D eigenvalue weighted by Gasteiger charge is -2.28. The van der Waals surface area contributed by atoms with Crippen molar-refractivity contribution in [2.24, 2.45) is 5.73 Å². The summed E-state index contributed by atoms with van der Waals surface area (Å²) in [6, 6.07) is 20.0. The highest BCUT2D eigenvalue weighted by molar-refractivity contribution is 5.74. The SMILES string of the molecule is COc1cc(Nc2ncc(F)c(Nc3ccc(O)c(C)c3OC)n2)cc(C)c1OC.COc1cc(Nc2ncc(F)c(Nc3ccc(O)c(O)c3O[C@@H]3CCC[C@H](N)C3)n2)cc(C)c1OC.COc1ccc(Nc2nc(Nc3cc(C)c(OC)c(OC)c3)ncc2F)c(OC)c1C. The van der Waals surface area contributed by atoms with E-state index in [0.29, 0.717) is 92.2 Å². The summed E-state index contributed by atoms with van der Waals surface area (Å²) in [5, 5.41) is 48.2. The summed E-state index contributed by atoms with van der Waals surface area (Å²) in [5.41, 5.74) is 13.1. The number of hydrogen-bond donors (Lipinski definition) is 10. The lowest BCUT2D eigenvalue weighted by Crippen LogP contribution is -2.33. The molecule has 11 N–H and O–H groups in total. The lowest BCUT2D eigenvalue weighted by atomic mass is 9.93. The molecule has 1 aliphatic carbocycles. The Labute approximate surface area is 558 Å². The van der Waals surface area contributed by atoms with Gasteiger partial charge in [0.05, 0.1) is 99.6 Å². The molecule has 1 saturated carbocycles. The first-order valence-corrected chi connectivity index (χ1v) is 30.0. The first-order chi connectivity index (χ1) is 46.6. The Kier molecular flexibility index (Phi) is 24.0. The number of nitrogens with zero attached hydrogens (tertiary/aromatic N) is 6. The molecule has 26 nitrogen and oxygen atoms in total. The van der Waals surface area contributed by atoms with Crippen molar-refractivity contribution >= 4 is 69.4 Å². The van der Waals surface area contributed by atoms with Crippen molar-refractivity contribution in [1.29, 1.82) is 0 Å². The van der Waals surface area contributed by atoms with Crippen molar-refractivity contribution in [3.05, 3.63) is 137 Å². The summed E-state index contributed by atoms with van der Waals surface area (Å²) in [5.74, 6) is 2.67. The normalized spacial score (nSPS) is 13.0. The second-order valence-electron chi connectivity index (χ2n) is 21.7. The van der Waals surface area contributed by atoms with E-state index in [1.807, 2.05) is 45.9 Å². The zero-order valence-corrected chi connectivity index (χ0v) is 56.0. The number of aromatic hydroxyl groups is 3. The molecule has 514 valence electrons. The maximum atomic E-state index is 14.7. The first-order valence-electron chi connectivity index (χ1n) is 30.0. The number of ether oxygens (including phenoxy) is 10. The van der Waals surface area contributed by atoms with Crippen LogP contribution in [0.15, 0.2) is 91.4 Å². The third kappa shape index (κ3) is 17.3. The lowest BCUT2D eigenvalue weighted by molar-refractivity contribution is 0.140. The van der Waals surface area contributed by atoms with Crippen LogP contribution < -0.4 is 85.0 Å². The number of rotatable bonds is 23. The number of aromatic nitrogens is 6. The molecule has 1 fully saturated rings. The zero-order valence-electron chi connectivity index (χ0n) is 56.0. The van der Waals surface area contributed by atoms with E-state index >= 15 is 0 Å². The topological polar surface area (TPSA) is 329 Å². The highest BCUT2D eigenvalue weighted by Crippen LogP contribution is 2.45. The molecule has 0 unspecified atom stereocenters. The van der Waals surface area contributed by atoms with Crippen molar-refractivity contribution in [1.82, 2.24) is 29.9 Å². The van der Waals surface area contributed by atoms with Crippen LogP contribution in [0.1, 0.15) is 53.5 Å². The molecule has 6 aromatic carbocycles. The second kappa shape index (κ2) is 32.6. The number of benzene rings is 6. The fourth-order valence-corrected chi connectivity index (χ4v) is 10.5. The fraction of sp³-hybridized carbons (Fsp3) is 0.294. The Hall–Kier alpha value is -11.5. The molecule has 9 aromatic rings. The summed E-state index contributed by atoms with van der Waals surface area (Å²) in [6.45, 7) is 9.18. The van der Waals surface area contributed by atoms with E-state index in [1.54, 1.807) is 86.0 Å². The Bertz CT molecular complexity index is 4250. The van der Waals surface area contributed by atoms with Gasteiger partial charge in [0, 0.05) is 52.4 Å². The Morgan fingerprint density at radius 1 is 0.412 bits per heavy atom. The number of anilines is 12. The minimum absolute atomic E-state index is 0.00225. The summed E-state index contributed by atoms with van der Waals surface area (Å²) in [7, 11) is 13.9. The van der Waals surface area contributed by atoms with Crippen LogP contribution >= 0.6 is 0 Å². The van der Waals surface area contributed by atoms with Crippen LogP contribution in [0.5, 0.6) is 74.7 Å². The van der Waals surface area contributed by atoms with E-state index in [0.717, 1.165) is 60.1 Å². The maximum absolute atomic E-state index is 14.7. The van der Waals surface area contributed by atoms with Gasteiger partial charge in [-0.25, -0.2) is 28.1 Å². The fourth-order valence-electron chi connectivity index (χ4n) is 10.5. The molecule has 3 heterocycles. The third-order valence-electron chi connectivity index (χ3n) is 15.2. The van der Waals surface area contributed by atoms with Gasteiger partial charge in [-0.2, -0.15) is 15.0 Å². The van der Waals surface area contributed by atoms with Gasteiger partial charge in [-0.05, 0) is 132 Å². The number of halogens is 3. The van der Waals surface area contributed by atoms with E-state index in [1.165, 1.54) is 39.5 Å². The summed E-state index contributed by atoms with van der Waals surface area (Å²) >= 11 is 0. The molecular formula is C68H78F3N13O13. The minimum Gasteiger partial charge on any atom is -0.508 e. The van der Waals surface area contributed by atoms with Crippen LogP contribution in [0, 0.1) is 52.1 Å². The van der Waals surface area contributed by atoms with Gasteiger partial charge >= 0.3 is 0 Å². The van der Waals surface area contributed by atoms with Crippen molar-refractivity contribution in [2.45, 2.75) is 72.4 Å². The van der Waals surface area contributed by atoms with E-state index in [9.17, 15) is 28.5 Å². The zero-order chi connectivity index (χ0) is 70.2. The van der Waals surface area contributed by atoms with Crippen molar-refractivity contribution < 1.29 is 75.9 Å². The quantitative estimate of drug-likeness (QED) is 0.0210. The Morgan fingerprint density at radius 3 is 1.14 bits per heavy atom. The summed E-state index contributed by atoms with van der Waals surface area (Å²) in [6.07, 6.45) is 6.07. The van der Waals surface area contributed by atoms with Crippen LogP contribution in [0.2, 0.25) is 0 Å². The van der Waals surface area contributed by atoms with Crippen LogP contribution in [0.4, 0.5) is 82.6 Å². The molecule has 0 saturated heterocycles. The number of phenolic OH excluding ortho intramolecular Hbond substituents is 3. The number of phenols is 3. The Balaban J connectivity index is 0.000000187. The van der Waals surface area contributed by atoms with E-state index in [2.05, 4.69) is 61.8 Å². The van der Waals surface area contributed by atoms with Gasteiger partial charge in [-0.1, -0.05) is 0 Å². The van der Waals surface area contributed by atoms with Gasteiger partial charge in [0.1, 0.15) is 29.1 Å². The molecule has 97 heavy (non-hydrogen) atoms. The number of hydrogen-bond acceptors (Lipinski definition) is 26. The van der Waals surface area contributed by atoms with Gasteiger partial charge in [0.2, 0.25) is 23.6 Å². The molecular weight excluding hydrogens is 1260 g/mol. The van der Waals surface area contributed by atoms with Gasteiger partial charge in [0.25, 0.3) is 0 Å². The smallest absolute Gasteiger partial charge is 0.229 e. The average molecular weight is 1340 g/mol. The molecule has 29 heteroatoms. The number of aryl methyl sites for hydroxylation is 3. The molecule has 0 aliphatic heterocycles. The molecule has 0 radical (unpaired) electrons. The predicted octanol–water partition coefficient (Wildman–Crippen LogP) is 13.7. The maximum Gasteiger partial charge on any atom is 0.229 e. The van der Waals surface area contributed by atoms with E-state index in [4.69, 9.17) is 53.1 Å². The summed E-state index contributed by atoms with van der Waals surface area (Å²) in [4.78, 5) is 24.8. The molecule has 3 aromatic heterocycles. The van der Waals surface area contributed by atoms with Crippen LogP contribution in [0.25, 0.3) is 0 Å². The highest BCUT2D eigenvalue weighted by atomic mass is 19.1. The molecule has 2 atom stereocenters. The molecule has 1 aliphatic rings. The number of methoxy groups -OCH3 is 9. The van der Waals surface area contributed by atoms with E-state index < -0.39 is 23.2 Å². The van der Waals surface area contributed by atoms with Gasteiger partial charge in [0.15, 0.2) is 80.9 Å². The minimum atomic E-state index is -0.720. The van der Waals surface area contributed by atoms with Crippen LogP contribution in [-0.2, 0) is 0 Å². The third-order valence-corrected chi connectivity index (χ3v) is 15.2. The predicted molar refractivity (Wildman–Crippen MR) is 363 cm³/mol. The largest absolute Gasteiger partial charge is 0.508 e. The molecule has 0 spiro atoms. The second-order valence-corrected chi connectivity index (χ2v) is 21.7. The standard InChI is InChI=1S/C25H30FN5O5.C22H25FN4O4.C21H23FN4O4/c1-13-9-15(11-20(34-2)22(13)35-3)29-25-28-12-17(26)24(31-25)30-18-7-8-19(32)21(33)23(18)36-16-6-4-5-14(27)10-16;1-12-9-14(10-18(29-4)19(12)30-5)25-22-24-11-15(23)21(27-22)26-16-7-8-17(28-3)13(2)20(16)31-6;1-11-8-13(9-17(28-3)18(11)29-4)24-21-23-10-14(22)20(26-21)25-15-6-7-16(27)12(2)19(15)30-5/h7-9,11-12,14,16,32-33H,4-6,10,27H2,1-3H3,(H2,28,29,30,31);7-11H,1-6H3,(H2,24,25,26,27);6-10,27H,1-5H3,(H2,23,24,25,26)/t14-,16+;;/m0../s1. The van der Waals surface area contributed by atoms with Gasteiger partial charge in [-0.15, -0.1) is 0 Å². The monoisotopic (exact) mass is 1340 g/mol. The molecule has 0 bridgehead atoms. The summed E-state index contributed by atoms with van der Waals surface area (Å²) < 4.78 is 97.7. The van der Waals surface area contributed by atoms with Gasteiger partial charge in [-0.3, -0.25) is 0 Å². The van der Waals surface area contributed by atoms with Crippen molar-refractivity contribution in [3.8, 4) is 74.7 Å². The van der Waals surface area contributed by atoms with Crippen molar-refractivity contribution in [3.63, 3.8) is 0 Å². The molecule has 0 amide bonds. The highest BCUT2D eigenvalue weighted by Gasteiger charge is 2.26. The van der Waals surface area contributed by atoms with Gasteiger partial charge < -0.3 is 100 Å². The van der Waals surface area contributed by atoms with Crippen molar-refractivity contribution in [2.75, 3.05) is 95.9 Å². The van der Waals surface area contributed by atoms with E-state index in [-0.39, 0.29) is 70.4 Å². The number of nitrogens with two attached hydrogens (primary N) is 1. The Morgan fingerprint density at radius 2 is 0.773 bits per heavy atom. The average Bonchev–Trinajstić information content (AvgIpc) is 0.839. The number of nitrogens with one attached hydrogen (secondary N) is 6.